The third-order valence-electron chi connectivity index (χ3n) is 2.18. The lowest BCUT2D eigenvalue weighted by molar-refractivity contribution is 0.202. The van der Waals surface area contributed by atoms with Gasteiger partial charge in [0.1, 0.15) is 5.75 Å². The Bertz CT molecular complexity index is 325. The highest BCUT2D eigenvalue weighted by molar-refractivity contribution is 6.30. The molecule has 1 aromatic carbocycles. The zero-order valence-electron chi connectivity index (χ0n) is 9.46. The molecule has 84 valence electrons. The molecule has 0 aliphatic rings. The first-order chi connectivity index (χ1) is 6.99. The van der Waals surface area contributed by atoms with Gasteiger partial charge in [-0.2, -0.15) is 0 Å². The number of hydrogen-bond acceptors (Lipinski definition) is 2. The zero-order chi connectivity index (χ0) is 11.4. The monoisotopic (exact) mass is 227 g/mol. The van der Waals surface area contributed by atoms with E-state index < -0.39 is 0 Å². The van der Waals surface area contributed by atoms with Gasteiger partial charge in [0.15, 0.2) is 0 Å². The SMILES string of the molecule is Cc1ccc(Cl)cc1OC(C)CC(C)N. The second-order valence-electron chi connectivity index (χ2n) is 4.05. The molecule has 3 heteroatoms. The highest BCUT2D eigenvalue weighted by Crippen LogP contribution is 2.24. The first-order valence-corrected chi connectivity index (χ1v) is 5.55. The summed E-state index contributed by atoms with van der Waals surface area (Å²) in [6.07, 6.45) is 0.952. The van der Waals surface area contributed by atoms with E-state index in [1.54, 1.807) is 0 Å². The Morgan fingerprint density at radius 3 is 2.67 bits per heavy atom. The standard InChI is InChI=1S/C12H18ClNO/c1-8-4-5-11(13)7-12(8)15-10(3)6-9(2)14/h4-5,7,9-10H,6,14H2,1-3H3. The van der Waals surface area contributed by atoms with Crippen LogP contribution < -0.4 is 10.5 Å². The molecule has 2 atom stereocenters. The molecule has 1 aromatic rings. The molecule has 0 radical (unpaired) electrons. The van der Waals surface area contributed by atoms with Gasteiger partial charge < -0.3 is 10.5 Å². The molecule has 15 heavy (non-hydrogen) atoms. The van der Waals surface area contributed by atoms with Crippen LogP contribution in [0.2, 0.25) is 5.02 Å². The average Bonchev–Trinajstić information content (AvgIpc) is 2.10. The van der Waals surface area contributed by atoms with Crippen LogP contribution in [-0.2, 0) is 0 Å². The maximum atomic E-state index is 5.90. The van der Waals surface area contributed by atoms with Gasteiger partial charge >= 0.3 is 0 Å². The minimum atomic E-state index is 0.113. The van der Waals surface area contributed by atoms with Crippen LogP contribution in [-0.4, -0.2) is 12.1 Å². The fourth-order valence-corrected chi connectivity index (χ4v) is 1.65. The van der Waals surface area contributed by atoms with Crippen molar-refractivity contribution in [3.05, 3.63) is 28.8 Å². The Balaban J connectivity index is 2.67. The Labute approximate surface area is 96.4 Å². The van der Waals surface area contributed by atoms with E-state index in [1.807, 2.05) is 39.0 Å². The van der Waals surface area contributed by atoms with E-state index in [-0.39, 0.29) is 12.1 Å². The number of ether oxygens (including phenoxy) is 1. The average molecular weight is 228 g/mol. The molecule has 0 saturated heterocycles. The molecule has 0 amide bonds. The smallest absolute Gasteiger partial charge is 0.124 e. The number of halogens is 1. The number of nitrogens with two attached hydrogens (primary N) is 1. The lowest BCUT2D eigenvalue weighted by atomic mass is 10.1. The number of hydrogen-bond donors (Lipinski definition) is 1. The van der Waals surface area contributed by atoms with Gasteiger partial charge in [0.2, 0.25) is 0 Å². The van der Waals surface area contributed by atoms with Gasteiger partial charge in [0.25, 0.3) is 0 Å². The molecule has 2 N–H and O–H groups in total. The molecule has 2 nitrogen and oxygen atoms in total. The van der Waals surface area contributed by atoms with E-state index in [4.69, 9.17) is 22.1 Å². The van der Waals surface area contributed by atoms with E-state index in [0.29, 0.717) is 5.02 Å². The number of benzene rings is 1. The third-order valence-corrected chi connectivity index (χ3v) is 2.42. The van der Waals surface area contributed by atoms with E-state index in [1.165, 1.54) is 0 Å². The van der Waals surface area contributed by atoms with Gasteiger partial charge in [-0.05, 0) is 44.9 Å². The van der Waals surface area contributed by atoms with E-state index in [0.717, 1.165) is 17.7 Å². The third kappa shape index (κ3) is 4.10. The summed E-state index contributed by atoms with van der Waals surface area (Å²) in [6.45, 7) is 6.00. The van der Waals surface area contributed by atoms with Crippen molar-refractivity contribution in [3.8, 4) is 5.75 Å². The molecular formula is C12H18ClNO. The summed E-state index contributed by atoms with van der Waals surface area (Å²) in [5, 5.41) is 0.698. The Morgan fingerprint density at radius 1 is 1.40 bits per heavy atom. The fourth-order valence-electron chi connectivity index (χ4n) is 1.49. The van der Waals surface area contributed by atoms with Crippen LogP contribution in [0.25, 0.3) is 0 Å². The molecule has 0 heterocycles. The summed E-state index contributed by atoms with van der Waals surface area (Å²) in [4.78, 5) is 0. The van der Waals surface area contributed by atoms with Gasteiger partial charge in [-0.15, -0.1) is 0 Å². The maximum Gasteiger partial charge on any atom is 0.124 e. The Hall–Kier alpha value is -0.730. The van der Waals surface area contributed by atoms with Crippen molar-refractivity contribution >= 4 is 11.6 Å². The molecule has 0 fully saturated rings. The van der Waals surface area contributed by atoms with Crippen LogP contribution in [0.15, 0.2) is 18.2 Å². The summed E-state index contributed by atoms with van der Waals surface area (Å²) in [7, 11) is 0. The normalized spacial score (nSPS) is 14.7. The highest BCUT2D eigenvalue weighted by Gasteiger charge is 2.08. The largest absolute Gasteiger partial charge is 0.490 e. The van der Waals surface area contributed by atoms with Crippen molar-refractivity contribution in [3.63, 3.8) is 0 Å². The lowest BCUT2D eigenvalue weighted by Gasteiger charge is -2.18. The van der Waals surface area contributed by atoms with Crippen molar-refractivity contribution < 1.29 is 4.74 Å². The van der Waals surface area contributed by atoms with Crippen LogP contribution in [0.4, 0.5) is 0 Å². The molecule has 0 saturated carbocycles. The van der Waals surface area contributed by atoms with Crippen LogP contribution in [0.1, 0.15) is 25.8 Å². The molecule has 0 bridgehead atoms. The van der Waals surface area contributed by atoms with Crippen molar-refractivity contribution in [2.45, 2.75) is 39.3 Å². The van der Waals surface area contributed by atoms with Gasteiger partial charge in [-0.1, -0.05) is 17.7 Å². The maximum absolute atomic E-state index is 5.90. The van der Waals surface area contributed by atoms with Gasteiger partial charge in [-0.25, -0.2) is 0 Å². The lowest BCUT2D eigenvalue weighted by Crippen LogP contribution is -2.24. The van der Waals surface area contributed by atoms with Gasteiger partial charge in [-0.3, -0.25) is 0 Å². The Kier molecular flexibility index (Phi) is 4.43. The quantitative estimate of drug-likeness (QED) is 0.858. The molecule has 0 spiro atoms. The summed E-state index contributed by atoms with van der Waals surface area (Å²) < 4.78 is 5.77. The van der Waals surface area contributed by atoms with E-state index >= 15 is 0 Å². The minimum absolute atomic E-state index is 0.113. The predicted molar refractivity (Wildman–Crippen MR) is 64.5 cm³/mol. The van der Waals surface area contributed by atoms with Gasteiger partial charge in [0.05, 0.1) is 6.10 Å². The van der Waals surface area contributed by atoms with Crippen LogP contribution in [0.3, 0.4) is 0 Å². The van der Waals surface area contributed by atoms with Crippen LogP contribution in [0, 0.1) is 6.92 Å². The second-order valence-corrected chi connectivity index (χ2v) is 4.49. The summed E-state index contributed by atoms with van der Waals surface area (Å²) in [5.41, 5.74) is 6.80. The summed E-state index contributed by atoms with van der Waals surface area (Å²) in [5.74, 6) is 0.843. The van der Waals surface area contributed by atoms with E-state index in [9.17, 15) is 0 Å². The summed E-state index contributed by atoms with van der Waals surface area (Å²) in [6, 6.07) is 5.81. The minimum Gasteiger partial charge on any atom is -0.490 e. The molecule has 0 aliphatic heterocycles. The highest BCUT2D eigenvalue weighted by atomic mass is 35.5. The number of aryl methyl sites for hydroxylation is 1. The first kappa shape index (κ1) is 12.3. The molecule has 0 aliphatic carbocycles. The van der Waals surface area contributed by atoms with E-state index in [2.05, 4.69) is 0 Å². The van der Waals surface area contributed by atoms with Crippen molar-refractivity contribution in [1.29, 1.82) is 0 Å². The van der Waals surface area contributed by atoms with Crippen molar-refractivity contribution in [1.82, 2.24) is 0 Å². The fraction of sp³-hybridized carbons (Fsp3) is 0.500. The molecule has 2 unspecified atom stereocenters. The second kappa shape index (κ2) is 5.38. The molecule has 0 aromatic heterocycles. The van der Waals surface area contributed by atoms with Crippen LogP contribution >= 0.6 is 11.6 Å². The predicted octanol–water partition coefficient (Wildman–Crippen LogP) is 3.15. The van der Waals surface area contributed by atoms with Crippen molar-refractivity contribution in [2.75, 3.05) is 0 Å². The number of rotatable bonds is 4. The topological polar surface area (TPSA) is 35.2 Å². The molecular weight excluding hydrogens is 210 g/mol. The van der Waals surface area contributed by atoms with Gasteiger partial charge in [0, 0.05) is 11.1 Å². The Morgan fingerprint density at radius 2 is 2.07 bits per heavy atom. The first-order valence-electron chi connectivity index (χ1n) is 5.17. The molecule has 1 rings (SSSR count). The van der Waals surface area contributed by atoms with Crippen LogP contribution in [0.5, 0.6) is 5.75 Å². The van der Waals surface area contributed by atoms with Crippen molar-refractivity contribution in [2.24, 2.45) is 5.73 Å². The summed E-state index contributed by atoms with van der Waals surface area (Å²) >= 11 is 5.90. The zero-order valence-corrected chi connectivity index (χ0v) is 10.2.